The summed E-state index contributed by atoms with van der Waals surface area (Å²) in [5.74, 6) is 1.04. The van der Waals surface area contributed by atoms with Gasteiger partial charge in [0.1, 0.15) is 5.82 Å². The predicted octanol–water partition coefficient (Wildman–Crippen LogP) is 3.50. The van der Waals surface area contributed by atoms with Gasteiger partial charge in [-0.1, -0.05) is 6.07 Å². The van der Waals surface area contributed by atoms with Gasteiger partial charge in [-0.05, 0) is 43.3 Å². The van der Waals surface area contributed by atoms with Crippen molar-refractivity contribution < 1.29 is 0 Å². The maximum absolute atomic E-state index is 4.53. The SMILES string of the molecule is Cc1ccc2[nH]c(CCCc3cccs3)nc2n1. The van der Waals surface area contributed by atoms with Gasteiger partial charge in [0.25, 0.3) is 0 Å². The summed E-state index contributed by atoms with van der Waals surface area (Å²) in [4.78, 5) is 13.7. The number of aryl methyl sites for hydroxylation is 3. The fraction of sp³-hybridized carbons (Fsp3) is 0.286. The second-order valence-corrected chi connectivity index (χ2v) is 5.47. The molecule has 0 aromatic carbocycles. The molecule has 1 N–H and O–H groups in total. The summed E-state index contributed by atoms with van der Waals surface area (Å²) in [5, 5.41) is 2.13. The summed E-state index contributed by atoms with van der Waals surface area (Å²) < 4.78 is 0. The van der Waals surface area contributed by atoms with E-state index in [0.29, 0.717) is 0 Å². The van der Waals surface area contributed by atoms with Crippen molar-refractivity contribution in [1.29, 1.82) is 0 Å². The number of nitrogens with one attached hydrogen (secondary N) is 1. The van der Waals surface area contributed by atoms with Crippen molar-refractivity contribution in [3.63, 3.8) is 0 Å². The van der Waals surface area contributed by atoms with Gasteiger partial charge in [-0.25, -0.2) is 9.97 Å². The molecule has 0 aliphatic rings. The zero-order valence-electron chi connectivity index (χ0n) is 10.3. The Bertz CT molecular complexity index is 640. The smallest absolute Gasteiger partial charge is 0.177 e. The number of H-pyrrole nitrogens is 1. The molecule has 0 aliphatic carbocycles. The van der Waals surface area contributed by atoms with Gasteiger partial charge in [0, 0.05) is 17.0 Å². The van der Waals surface area contributed by atoms with E-state index < -0.39 is 0 Å². The Morgan fingerprint density at radius 3 is 2.94 bits per heavy atom. The monoisotopic (exact) mass is 257 g/mol. The first kappa shape index (κ1) is 11.4. The van der Waals surface area contributed by atoms with Gasteiger partial charge >= 0.3 is 0 Å². The second kappa shape index (κ2) is 4.90. The molecule has 0 saturated heterocycles. The van der Waals surface area contributed by atoms with E-state index in [2.05, 4.69) is 32.5 Å². The van der Waals surface area contributed by atoms with Crippen LogP contribution in [-0.4, -0.2) is 15.0 Å². The topological polar surface area (TPSA) is 41.6 Å². The molecule has 3 rings (SSSR count). The second-order valence-electron chi connectivity index (χ2n) is 4.44. The van der Waals surface area contributed by atoms with Crippen LogP contribution < -0.4 is 0 Å². The van der Waals surface area contributed by atoms with Crippen LogP contribution in [0.15, 0.2) is 29.6 Å². The maximum atomic E-state index is 4.53. The van der Waals surface area contributed by atoms with E-state index in [0.717, 1.165) is 41.9 Å². The number of aromatic amines is 1. The van der Waals surface area contributed by atoms with Gasteiger partial charge in [-0.3, -0.25) is 0 Å². The highest BCUT2D eigenvalue weighted by Crippen LogP contribution is 2.14. The van der Waals surface area contributed by atoms with Crippen molar-refractivity contribution in [1.82, 2.24) is 15.0 Å². The zero-order chi connectivity index (χ0) is 12.4. The van der Waals surface area contributed by atoms with Crippen molar-refractivity contribution in [2.24, 2.45) is 0 Å². The third-order valence-corrected chi connectivity index (χ3v) is 3.89. The number of hydrogen-bond acceptors (Lipinski definition) is 3. The molecule has 0 atom stereocenters. The summed E-state index contributed by atoms with van der Waals surface area (Å²) in [6.45, 7) is 1.99. The van der Waals surface area contributed by atoms with Crippen LogP contribution in [0.1, 0.15) is 22.8 Å². The summed E-state index contributed by atoms with van der Waals surface area (Å²) in [5.41, 5.74) is 2.88. The number of rotatable bonds is 4. The fourth-order valence-electron chi connectivity index (χ4n) is 2.04. The number of hydrogen-bond donors (Lipinski definition) is 1. The van der Waals surface area contributed by atoms with Gasteiger partial charge in [0.2, 0.25) is 0 Å². The highest BCUT2D eigenvalue weighted by molar-refractivity contribution is 7.09. The first-order valence-electron chi connectivity index (χ1n) is 6.16. The lowest BCUT2D eigenvalue weighted by Crippen LogP contribution is -1.90. The first-order chi connectivity index (χ1) is 8.81. The van der Waals surface area contributed by atoms with Crippen molar-refractivity contribution in [2.75, 3.05) is 0 Å². The lowest BCUT2D eigenvalue weighted by Gasteiger charge is -1.95. The number of nitrogens with zero attached hydrogens (tertiary/aromatic N) is 2. The number of fused-ring (bicyclic) bond motifs is 1. The Morgan fingerprint density at radius 2 is 2.11 bits per heavy atom. The molecule has 3 nitrogen and oxygen atoms in total. The number of thiophene rings is 1. The average Bonchev–Trinajstić information content (AvgIpc) is 2.97. The fourth-order valence-corrected chi connectivity index (χ4v) is 2.79. The highest BCUT2D eigenvalue weighted by Gasteiger charge is 2.04. The van der Waals surface area contributed by atoms with Gasteiger partial charge in [0.15, 0.2) is 5.65 Å². The van der Waals surface area contributed by atoms with E-state index in [1.54, 1.807) is 0 Å². The first-order valence-corrected chi connectivity index (χ1v) is 7.04. The lowest BCUT2D eigenvalue weighted by molar-refractivity contribution is 0.793. The number of pyridine rings is 1. The summed E-state index contributed by atoms with van der Waals surface area (Å²) >= 11 is 1.82. The molecule has 92 valence electrons. The molecule has 0 radical (unpaired) electrons. The van der Waals surface area contributed by atoms with Crippen LogP contribution in [0.2, 0.25) is 0 Å². The van der Waals surface area contributed by atoms with Crippen molar-refractivity contribution in [3.8, 4) is 0 Å². The van der Waals surface area contributed by atoms with Crippen molar-refractivity contribution in [3.05, 3.63) is 46.0 Å². The maximum Gasteiger partial charge on any atom is 0.177 e. The minimum Gasteiger partial charge on any atom is -0.341 e. The molecule has 0 saturated carbocycles. The van der Waals surface area contributed by atoms with Crippen LogP contribution in [0.5, 0.6) is 0 Å². The van der Waals surface area contributed by atoms with E-state index in [1.807, 2.05) is 30.4 Å². The van der Waals surface area contributed by atoms with Gasteiger partial charge in [-0.2, -0.15) is 0 Å². The summed E-state index contributed by atoms with van der Waals surface area (Å²) in [6, 6.07) is 8.35. The van der Waals surface area contributed by atoms with Crippen molar-refractivity contribution >= 4 is 22.5 Å². The summed E-state index contributed by atoms with van der Waals surface area (Å²) in [6.07, 6.45) is 3.23. The summed E-state index contributed by atoms with van der Waals surface area (Å²) in [7, 11) is 0. The largest absolute Gasteiger partial charge is 0.341 e. The molecule has 3 aromatic heterocycles. The molecule has 0 amide bonds. The normalized spacial score (nSPS) is 11.2. The van der Waals surface area contributed by atoms with Crippen LogP contribution in [0, 0.1) is 6.92 Å². The quantitative estimate of drug-likeness (QED) is 0.777. The molecular formula is C14H15N3S. The number of aromatic nitrogens is 3. The molecule has 0 bridgehead atoms. The van der Waals surface area contributed by atoms with Crippen LogP contribution in [0.3, 0.4) is 0 Å². The van der Waals surface area contributed by atoms with Crippen LogP contribution >= 0.6 is 11.3 Å². The van der Waals surface area contributed by atoms with Crippen LogP contribution in [0.25, 0.3) is 11.2 Å². The Balaban J connectivity index is 1.67. The highest BCUT2D eigenvalue weighted by atomic mass is 32.1. The van der Waals surface area contributed by atoms with E-state index >= 15 is 0 Å². The Hall–Kier alpha value is -1.68. The van der Waals surface area contributed by atoms with Crippen LogP contribution in [-0.2, 0) is 12.8 Å². The third kappa shape index (κ3) is 2.43. The standard InChI is InChI=1S/C14H15N3S/c1-10-7-8-12-14(15-10)17-13(16-12)6-2-4-11-5-3-9-18-11/h3,5,7-9H,2,4,6H2,1H3,(H,15,16,17). The Morgan fingerprint density at radius 1 is 1.17 bits per heavy atom. The Kier molecular flexibility index (Phi) is 3.11. The molecule has 0 spiro atoms. The predicted molar refractivity (Wildman–Crippen MR) is 75.0 cm³/mol. The van der Waals surface area contributed by atoms with E-state index in [-0.39, 0.29) is 0 Å². The van der Waals surface area contributed by atoms with Gasteiger partial charge in [-0.15, -0.1) is 11.3 Å². The van der Waals surface area contributed by atoms with Gasteiger partial charge < -0.3 is 4.98 Å². The molecule has 3 heterocycles. The van der Waals surface area contributed by atoms with E-state index in [4.69, 9.17) is 0 Å². The van der Waals surface area contributed by atoms with Crippen molar-refractivity contribution in [2.45, 2.75) is 26.2 Å². The molecule has 18 heavy (non-hydrogen) atoms. The Labute approximate surface area is 110 Å². The number of imidazole rings is 1. The lowest BCUT2D eigenvalue weighted by atomic mass is 10.2. The van der Waals surface area contributed by atoms with Crippen LogP contribution in [0.4, 0.5) is 0 Å². The molecule has 0 fully saturated rings. The third-order valence-electron chi connectivity index (χ3n) is 2.95. The molecule has 0 aliphatic heterocycles. The minimum atomic E-state index is 0.834. The molecule has 0 unspecified atom stereocenters. The average molecular weight is 257 g/mol. The van der Waals surface area contributed by atoms with E-state index in [9.17, 15) is 0 Å². The van der Waals surface area contributed by atoms with E-state index in [1.165, 1.54) is 4.88 Å². The zero-order valence-corrected chi connectivity index (χ0v) is 11.1. The molecule has 4 heteroatoms. The molecular weight excluding hydrogens is 242 g/mol. The molecule has 3 aromatic rings. The van der Waals surface area contributed by atoms with Gasteiger partial charge in [0.05, 0.1) is 5.52 Å². The minimum absolute atomic E-state index is 0.834.